The fraction of sp³-hybridized carbons (Fsp3) is 0.647. The van der Waals surface area contributed by atoms with Crippen molar-refractivity contribution in [2.45, 2.75) is 58.5 Å². The lowest BCUT2D eigenvalue weighted by Crippen LogP contribution is -2.38. The Kier molecular flexibility index (Phi) is 6.37. The summed E-state index contributed by atoms with van der Waals surface area (Å²) in [6.45, 7) is 6.86. The van der Waals surface area contributed by atoms with E-state index >= 15 is 0 Å². The third-order valence-corrected chi connectivity index (χ3v) is 4.75. The molecule has 1 aliphatic heterocycles. The van der Waals surface area contributed by atoms with E-state index in [1.54, 1.807) is 0 Å². The van der Waals surface area contributed by atoms with Crippen LogP contribution in [0.3, 0.4) is 0 Å². The quantitative estimate of drug-likeness (QED) is 0.801. The van der Waals surface area contributed by atoms with Crippen LogP contribution in [0.4, 0.5) is 0 Å². The van der Waals surface area contributed by atoms with Gasteiger partial charge in [-0.2, -0.15) is 0 Å². The van der Waals surface area contributed by atoms with Gasteiger partial charge in [-0.25, -0.2) is 0 Å². The monoisotopic (exact) mass is 355 g/mol. The molecule has 1 aliphatic rings. The zero-order chi connectivity index (χ0) is 15.2. The van der Waals surface area contributed by atoms with Crippen molar-refractivity contribution < 1.29 is 9.84 Å². The number of hydrogen-bond acceptors (Lipinski definition) is 3. The molecule has 4 heteroatoms. The van der Waals surface area contributed by atoms with E-state index in [-0.39, 0.29) is 5.75 Å². The number of rotatable bonds is 6. The maximum atomic E-state index is 10.0. The summed E-state index contributed by atoms with van der Waals surface area (Å²) < 4.78 is 6.24. The zero-order valence-electron chi connectivity index (χ0n) is 13.1. The Morgan fingerprint density at radius 2 is 2.14 bits per heavy atom. The van der Waals surface area contributed by atoms with Gasteiger partial charge in [-0.15, -0.1) is 0 Å². The number of piperidine rings is 1. The number of phenolic OH excluding ortho intramolecular Hbond substituents is 1. The highest BCUT2D eigenvalue weighted by molar-refractivity contribution is 9.10. The predicted octanol–water partition coefficient (Wildman–Crippen LogP) is 4.71. The van der Waals surface area contributed by atoms with Gasteiger partial charge in [0.15, 0.2) is 11.5 Å². The van der Waals surface area contributed by atoms with Crippen LogP contribution < -0.4 is 4.74 Å². The minimum atomic E-state index is 0.198. The zero-order valence-corrected chi connectivity index (χ0v) is 14.7. The molecule has 1 saturated heterocycles. The van der Waals surface area contributed by atoms with E-state index in [9.17, 15) is 5.11 Å². The van der Waals surface area contributed by atoms with Crippen molar-refractivity contribution in [1.82, 2.24) is 4.90 Å². The molecule has 1 N–H and O–H groups in total. The number of likely N-dealkylation sites (tertiary alicyclic amines) is 1. The largest absolute Gasteiger partial charge is 0.503 e. The van der Waals surface area contributed by atoms with Crippen molar-refractivity contribution in [3.63, 3.8) is 0 Å². The first-order chi connectivity index (χ1) is 10.2. The van der Waals surface area contributed by atoms with Gasteiger partial charge in [0.05, 0.1) is 11.1 Å². The number of halogens is 1. The Hall–Kier alpha value is -0.740. The normalized spacial score (nSPS) is 19.7. The summed E-state index contributed by atoms with van der Waals surface area (Å²) in [5.74, 6) is 0.773. The summed E-state index contributed by atoms with van der Waals surface area (Å²) in [4.78, 5) is 2.58. The van der Waals surface area contributed by atoms with Crippen molar-refractivity contribution in [3.05, 3.63) is 22.2 Å². The van der Waals surface area contributed by atoms with Crippen molar-refractivity contribution in [2.75, 3.05) is 13.2 Å². The molecule has 0 saturated carbocycles. The number of nitrogens with zero attached hydrogens (tertiary/aromatic N) is 1. The van der Waals surface area contributed by atoms with Gasteiger partial charge in [0.2, 0.25) is 0 Å². The van der Waals surface area contributed by atoms with E-state index in [0.717, 1.165) is 6.54 Å². The maximum Gasteiger partial charge on any atom is 0.172 e. The Labute approximate surface area is 136 Å². The van der Waals surface area contributed by atoms with E-state index in [0.29, 0.717) is 22.9 Å². The van der Waals surface area contributed by atoms with Crippen LogP contribution in [-0.2, 0) is 6.54 Å². The number of benzene rings is 1. The molecular weight excluding hydrogens is 330 g/mol. The van der Waals surface area contributed by atoms with E-state index in [4.69, 9.17) is 4.74 Å². The second-order valence-corrected chi connectivity index (χ2v) is 6.62. The molecule has 2 rings (SSSR count). The Bertz CT molecular complexity index is 462. The van der Waals surface area contributed by atoms with Gasteiger partial charge < -0.3 is 9.84 Å². The third-order valence-electron chi connectivity index (χ3n) is 4.14. The first-order valence-electron chi connectivity index (χ1n) is 8.04. The standard InChI is InChI=1S/C17H26BrNO2/c1-3-7-14-8-5-6-9-19(14)12-13-10-15(18)17(20)16(11-13)21-4-2/h10-11,14,20H,3-9,12H2,1-2H3. The number of aromatic hydroxyl groups is 1. The summed E-state index contributed by atoms with van der Waals surface area (Å²) in [6.07, 6.45) is 6.47. The molecule has 3 nitrogen and oxygen atoms in total. The summed E-state index contributed by atoms with van der Waals surface area (Å²) >= 11 is 3.43. The molecule has 0 amide bonds. The minimum Gasteiger partial charge on any atom is -0.503 e. The highest BCUT2D eigenvalue weighted by Crippen LogP contribution is 2.36. The maximum absolute atomic E-state index is 10.0. The van der Waals surface area contributed by atoms with E-state index in [1.807, 2.05) is 19.1 Å². The molecule has 1 aromatic rings. The Balaban J connectivity index is 2.13. The predicted molar refractivity (Wildman–Crippen MR) is 89.9 cm³/mol. The Morgan fingerprint density at radius 1 is 1.33 bits per heavy atom. The van der Waals surface area contributed by atoms with Crippen LogP contribution in [-0.4, -0.2) is 29.2 Å². The minimum absolute atomic E-state index is 0.198. The molecule has 0 aliphatic carbocycles. The highest BCUT2D eigenvalue weighted by Gasteiger charge is 2.22. The molecule has 1 atom stereocenters. The van der Waals surface area contributed by atoms with Crippen LogP contribution >= 0.6 is 15.9 Å². The van der Waals surface area contributed by atoms with Crippen LogP contribution in [0.2, 0.25) is 0 Å². The van der Waals surface area contributed by atoms with Crippen molar-refractivity contribution >= 4 is 15.9 Å². The van der Waals surface area contributed by atoms with Crippen molar-refractivity contribution in [1.29, 1.82) is 0 Å². The molecule has 0 spiro atoms. The molecule has 0 radical (unpaired) electrons. The second kappa shape index (κ2) is 8.04. The van der Waals surface area contributed by atoms with Gasteiger partial charge in [-0.05, 0) is 66.4 Å². The van der Waals surface area contributed by atoms with Crippen LogP contribution in [0.1, 0.15) is 51.5 Å². The van der Waals surface area contributed by atoms with E-state index in [2.05, 4.69) is 27.8 Å². The van der Waals surface area contributed by atoms with Gasteiger partial charge in [0.1, 0.15) is 0 Å². The first kappa shape index (κ1) is 16.6. The summed E-state index contributed by atoms with van der Waals surface area (Å²) in [7, 11) is 0. The molecule has 0 bridgehead atoms. The molecule has 0 aromatic heterocycles. The lowest BCUT2D eigenvalue weighted by molar-refractivity contribution is 0.131. The second-order valence-electron chi connectivity index (χ2n) is 5.77. The number of hydrogen-bond donors (Lipinski definition) is 1. The molecule has 1 fully saturated rings. The van der Waals surface area contributed by atoms with Gasteiger partial charge >= 0.3 is 0 Å². The number of ether oxygens (including phenoxy) is 1. The van der Waals surface area contributed by atoms with Gasteiger partial charge in [-0.3, -0.25) is 4.90 Å². The third kappa shape index (κ3) is 4.36. The van der Waals surface area contributed by atoms with Gasteiger partial charge in [0.25, 0.3) is 0 Å². The van der Waals surface area contributed by atoms with E-state index in [1.165, 1.54) is 44.2 Å². The topological polar surface area (TPSA) is 32.7 Å². The van der Waals surface area contributed by atoms with Gasteiger partial charge in [0, 0.05) is 12.6 Å². The van der Waals surface area contributed by atoms with Crippen LogP contribution in [0.5, 0.6) is 11.5 Å². The summed E-state index contributed by atoms with van der Waals surface area (Å²) in [6, 6.07) is 4.68. The van der Waals surface area contributed by atoms with Crippen LogP contribution in [0.25, 0.3) is 0 Å². The fourth-order valence-electron chi connectivity index (χ4n) is 3.15. The number of phenols is 1. The highest BCUT2D eigenvalue weighted by atomic mass is 79.9. The van der Waals surface area contributed by atoms with Crippen molar-refractivity contribution in [3.8, 4) is 11.5 Å². The SMILES string of the molecule is CCCC1CCCCN1Cc1cc(Br)c(O)c(OCC)c1. The van der Waals surface area contributed by atoms with E-state index < -0.39 is 0 Å². The average molecular weight is 356 g/mol. The molecule has 1 heterocycles. The molecular formula is C17H26BrNO2. The van der Waals surface area contributed by atoms with Crippen LogP contribution in [0.15, 0.2) is 16.6 Å². The molecule has 1 unspecified atom stereocenters. The molecule has 1 aromatic carbocycles. The lowest BCUT2D eigenvalue weighted by Gasteiger charge is -2.35. The smallest absolute Gasteiger partial charge is 0.172 e. The lowest BCUT2D eigenvalue weighted by atomic mass is 9.97. The summed E-state index contributed by atoms with van der Waals surface area (Å²) in [5, 5.41) is 10.0. The average Bonchev–Trinajstić information content (AvgIpc) is 2.47. The molecule has 118 valence electrons. The Morgan fingerprint density at radius 3 is 2.86 bits per heavy atom. The first-order valence-corrected chi connectivity index (χ1v) is 8.83. The fourth-order valence-corrected chi connectivity index (χ4v) is 3.64. The van der Waals surface area contributed by atoms with Crippen LogP contribution in [0, 0.1) is 0 Å². The van der Waals surface area contributed by atoms with Crippen molar-refractivity contribution in [2.24, 2.45) is 0 Å². The molecule has 21 heavy (non-hydrogen) atoms. The summed E-state index contributed by atoms with van der Waals surface area (Å²) in [5.41, 5.74) is 1.20. The van der Waals surface area contributed by atoms with Gasteiger partial charge in [-0.1, -0.05) is 19.8 Å².